The van der Waals surface area contributed by atoms with Gasteiger partial charge in [0.2, 0.25) is 0 Å². The molecule has 0 aliphatic carbocycles. The minimum atomic E-state index is -4.89. The van der Waals surface area contributed by atoms with Crippen LogP contribution in [0.5, 0.6) is 0 Å². The van der Waals surface area contributed by atoms with E-state index in [1.54, 1.807) is 30.3 Å². The average molecular weight is 419 g/mol. The Bertz CT molecular complexity index is 643. The van der Waals surface area contributed by atoms with Gasteiger partial charge in [0.05, 0.1) is 6.04 Å². The second kappa shape index (κ2) is 7.13. The summed E-state index contributed by atoms with van der Waals surface area (Å²) in [6.07, 6.45) is -4.60. The first-order valence-electron chi connectivity index (χ1n) is 6.54. The number of rotatable bonds is 4. The lowest BCUT2D eigenvalue weighted by atomic mass is 9.99. The number of hydrogen-bond acceptors (Lipinski definition) is 1. The number of carbonyl (C=O) groups excluding carboxylic acids is 1. The Hall–Kier alpha value is -1.57. The highest BCUT2D eigenvalue weighted by Crippen LogP contribution is 2.24. The number of amides is 1. The lowest BCUT2D eigenvalue weighted by Crippen LogP contribution is -2.39. The van der Waals surface area contributed by atoms with Crippen LogP contribution < -0.4 is 5.32 Å². The molecule has 0 fully saturated rings. The molecule has 22 heavy (non-hydrogen) atoms. The maximum atomic E-state index is 12.5. The third-order valence-corrected chi connectivity index (χ3v) is 4.20. The van der Waals surface area contributed by atoms with Crippen molar-refractivity contribution in [3.63, 3.8) is 0 Å². The van der Waals surface area contributed by atoms with Crippen molar-refractivity contribution in [3.8, 4) is 0 Å². The molecule has 6 heteroatoms. The largest absolute Gasteiger partial charge is 0.471 e. The maximum Gasteiger partial charge on any atom is 0.471 e. The summed E-state index contributed by atoms with van der Waals surface area (Å²) in [5.74, 6) is -1.92. The molecule has 0 aliphatic heterocycles. The number of alkyl halides is 3. The van der Waals surface area contributed by atoms with E-state index in [1.807, 2.05) is 24.3 Å². The predicted octanol–water partition coefficient (Wildman–Crippen LogP) is 4.25. The van der Waals surface area contributed by atoms with Crippen LogP contribution in [0.3, 0.4) is 0 Å². The molecule has 1 N–H and O–H groups in total. The molecule has 0 heterocycles. The molecule has 2 rings (SSSR count). The lowest BCUT2D eigenvalue weighted by molar-refractivity contribution is -0.174. The summed E-state index contributed by atoms with van der Waals surface area (Å²) in [5.41, 5.74) is 1.53. The molecule has 2 aromatic carbocycles. The molecule has 1 atom stereocenters. The fourth-order valence-corrected chi connectivity index (χ4v) is 2.67. The average Bonchev–Trinajstić information content (AvgIpc) is 2.48. The summed E-state index contributed by atoms with van der Waals surface area (Å²) in [5, 5.41) is 2.08. The van der Waals surface area contributed by atoms with E-state index in [0.29, 0.717) is 12.0 Å². The standard InChI is InChI=1S/C16H13F3INO/c17-16(18,19)15(22)21-14(11-6-2-1-3-7-11)10-12-8-4-5-9-13(12)20/h1-9,14H,10H2,(H,21,22). The number of hydrogen-bond donors (Lipinski definition) is 1. The third kappa shape index (κ3) is 4.46. The molecule has 0 saturated heterocycles. The monoisotopic (exact) mass is 419 g/mol. The zero-order valence-electron chi connectivity index (χ0n) is 11.4. The summed E-state index contributed by atoms with van der Waals surface area (Å²) >= 11 is 2.13. The highest BCUT2D eigenvalue weighted by Gasteiger charge is 2.39. The number of carbonyl (C=O) groups is 1. The highest BCUT2D eigenvalue weighted by molar-refractivity contribution is 14.1. The normalized spacial score (nSPS) is 12.7. The summed E-state index contributed by atoms with van der Waals surface area (Å²) in [6.45, 7) is 0. The van der Waals surface area contributed by atoms with Crippen molar-refractivity contribution in [1.29, 1.82) is 0 Å². The highest BCUT2D eigenvalue weighted by atomic mass is 127. The SMILES string of the molecule is O=C(NC(Cc1ccccc1I)c1ccccc1)C(F)(F)F. The Kier molecular flexibility index (Phi) is 5.44. The topological polar surface area (TPSA) is 29.1 Å². The van der Waals surface area contributed by atoms with E-state index < -0.39 is 18.1 Å². The van der Waals surface area contributed by atoms with Crippen LogP contribution in [0.15, 0.2) is 54.6 Å². The number of benzene rings is 2. The molecular weight excluding hydrogens is 406 g/mol. The second-order valence-electron chi connectivity index (χ2n) is 4.73. The summed E-state index contributed by atoms with van der Waals surface area (Å²) < 4.78 is 38.5. The zero-order chi connectivity index (χ0) is 16.2. The van der Waals surface area contributed by atoms with Crippen molar-refractivity contribution >= 4 is 28.5 Å². The third-order valence-electron chi connectivity index (χ3n) is 3.15. The molecular formula is C16H13F3INO. The molecule has 0 spiro atoms. The number of nitrogens with one attached hydrogen (secondary N) is 1. The van der Waals surface area contributed by atoms with Gasteiger partial charge in [-0.3, -0.25) is 4.79 Å². The van der Waals surface area contributed by atoms with Gasteiger partial charge in [0.25, 0.3) is 0 Å². The van der Waals surface area contributed by atoms with Gasteiger partial charge in [0, 0.05) is 3.57 Å². The van der Waals surface area contributed by atoms with Crippen molar-refractivity contribution in [3.05, 3.63) is 69.3 Å². The van der Waals surface area contributed by atoms with Gasteiger partial charge in [-0.05, 0) is 46.2 Å². The van der Waals surface area contributed by atoms with Crippen LogP contribution in [-0.4, -0.2) is 12.1 Å². The van der Waals surface area contributed by atoms with Crippen LogP contribution in [0.4, 0.5) is 13.2 Å². The fraction of sp³-hybridized carbons (Fsp3) is 0.188. The minimum Gasteiger partial charge on any atom is -0.341 e. The van der Waals surface area contributed by atoms with Gasteiger partial charge in [-0.15, -0.1) is 0 Å². The molecule has 0 saturated carbocycles. The van der Waals surface area contributed by atoms with Gasteiger partial charge in [0.1, 0.15) is 0 Å². The van der Waals surface area contributed by atoms with Crippen molar-refractivity contribution in [1.82, 2.24) is 5.32 Å². The Balaban J connectivity index is 2.27. The molecule has 2 aromatic rings. The van der Waals surface area contributed by atoms with Crippen molar-refractivity contribution in [2.45, 2.75) is 18.6 Å². The number of halogens is 4. The fourth-order valence-electron chi connectivity index (χ4n) is 2.06. The first kappa shape index (κ1) is 16.8. The van der Waals surface area contributed by atoms with Gasteiger partial charge in [-0.25, -0.2) is 0 Å². The van der Waals surface area contributed by atoms with E-state index in [-0.39, 0.29) is 0 Å². The quantitative estimate of drug-likeness (QED) is 0.738. The molecule has 0 radical (unpaired) electrons. The van der Waals surface area contributed by atoms with E-state index in [2.05, 4.69) is 27.9 Å². The van der Waals surface area contributed by atoms with E-state index in [9.17, 15) is 18.0 Å². The van der Waals surface area contributed by atoms with Crippen LogP contribution in [0, 0.1) is 3.57 Å². The Labute approximate surface area is 139 Å². The van der Waals surface area contributed by atoms with Crippen LogP contribution in [0.1, 0.15) is 17.2 Å². The van der Waals surface area contributed by atoms with Crippen LogP contribution >= 0.6 is 22.6 Å². The van der Waals surface area contributed by atoms with Crippen LogP contribution in [0.25, 0.3) is 0 Å². The van der Waals surface area contributed by atoms with E-state index in [1.165, 1.54) is 0 Å². The summed E-state index contributed by atoms with van der Waals surface area (Å²) in [4.78, 5) is 11.3. The van der Waals surface area contributed by atoms with Gasteiger partial charge >= 0.3 is 12.1 Å². The molecule has 2 nitrogen and oxygen atoms in total. The first-order valence-corrected chi connectivity index (χ1v) is 7.62. The maximum absolute atomic E-state index is 12.5. The second-order valence-corrected chi connectivity index (χ2v) is 5.89. The molecule has 0 aromatic heterocycles. The van der Waals surface area contributed by atoms with Crippen LogP contribution in [0.2, 0.25) is 0 Å². The first-order chi connectivity index (χ1) is 10.4. The molecule has 0 aliphatic rings. The Morgan fingerprint density at radius 3 is 2.23 bits per heavy atom. The summed E-state index contributed by atoms with van der Waals surface area (Å²) in [7, 11) is 0. The van der Waals surface area contributed by atoms with Crippen molar-refractivity contribution < 1.29 is 18.0 Å². The van der Waals surface area contributed by atoms with Gasteiger partial charge in [-0.1, -0.05) is 48.5 Å². The summed E-state index contributed by atoms with van der Waals surface area (Å²) in [6, 6.07) is 15.3. The van der Waals surface area contributed by atoms with E-state index in [0.717, 1.165) is 9.13 Å². The van der Waals surface area contributed by atoms with Crippen molar-refractivity contribution in [2.75, 3.05) is 0 Å². The van der Waals surface area contributed by atoms with Gasteiger partial charge in [-0.2, -0.15) is 13.2 Å². The van der Waals surface area contributed by atoms with Crippen LogP contribution in [-0.2, 0) is 11.2 Å². The van der Waals surface area contributed by atoms with E-state index >= 15 is 0 Å². The van der Waals surface area contributed by atoms with E-state index in [4.69, 9.17) is 0 Å². The molecule has 1 amide bonds. The Morgan fingerprint density at radius 2 is 1.64 bits per heavy atom. The molecule has 1 unspecified atom stereocenters. The van der Waals surface area contributed by atoms with Gasteiger partial charge in [0.15, 0.2) is 0 Å². The smallest absolute Gasteiger partial charge is 0.341 e. The minimum absolute atomic E-state index is 0.297. The molecule has 0 bridgehead atoms. The lowest BCUT2D eigenvalue weighted by Gasteiger charge is -2.21. The predicted molar refractivity (Wildman–Crippen MR) is 86.2 cm³/mol. The van der Waals surface area contributed by atoms with Crippen molar-refractivity contribution in [2.24, 2.45) is 0 Å². The Morgan fingerprint density at radius 1 is 1.05 bits per heavy atom. The van der Waals surface area contributed by atoms with Gasteiger partial charge < -0.3 is 5.32 Å². The molecule has 116 valence electrons. The zero-order valence-corrected chi connectivity index (χ0v) is 13.6.